The zero-order valence-corrected chi connectivity index (χ0v) is 34.2. The van der Waals surface area contributed by atoms with Gasteiger partial charge >= 0.3 is 5.97 Å². The summed E-state index contributed by atoms with van der Waals surface area (Å²) < 4.78 is 0. The summed E-state index contributed by atoms with van der Waals surface area (Å²) in [7, 11) is 0. The zero-order valence-electron chi connectivity index (χ0n) is 33.3. The summed E-state index contributed by atoms with van der Waals surface area (Å²) in [6, 6.07) is 4.47. The van der Waals surface area contributed by atoms with Crippen LogP contribution in [0.2, 0.25) is 0 Å². The molecule has 1 aliphatic heterocycles. The van der Waals surface area contributed by atoms with E-state index in [-0.39, 0.29) is 37.3 Å². The number of nitrogens with two attached hydrogens (primary N) is 1. The third kappa shape index (κ3) is 12.2. The number of H-pyrrole nitrogens is 1. The molecule has 0 radical (unpaired) electrons. The highest BCUT2D eigenvalue weighted by molar-refractivity contribution is 7.80. The van der Waals surface area contributed by atoms with Crippen molar-refractivity contribution in [3.8, 4) is 5.75 Å². The molecule has 59 heavy (non-hydrogen) atoms. The SMILES string of the molecule is CC(N)C(=O)NC(C(=O)NC(Cc1c[nH]c2ccccc12)C(=O)NC(C(=O)N1CCCC1C(=O)NC(CS)C(=O)NC(Cc1ccc(O)cc1)C(=O)O)C(C)O)C(C)C. The molecule has 1 fully saturated rings. The normalized spacial score (nSPS) is 17.5. The maximum absolute atomic E-state index is 14.1. The minimum atomic E-state index is -1.57. The minimum absolute atomic E-state index is 0.0140. The van der Waals surface area contributed by atoms with E-state index in [0.717, 1.165) is 10.9 Å². The first-order valence-corrected chi connectivity index (χ1v) is 20.0. The molecule has 3 aromatic rings. The first kappa shape index (κ1) is 46.0. The second-order valence-electron chi connectivity index (χ2n) is 15.1. The molecule has 1 aromatic heterocycles. The molecule has 1 saturated heterocycles. The number of carbonyl (C=O) groups is 7. The molecule has 4 rings (SSSR count). The first-order valence-electron chi connectivity index (χ1n) is 19.3. The van der Waals surface area contributed by atoms with Crippen molar-refractivity contribution >= 4 is 64.9 Å². The number of nitrogens with zero attached hydrogens (tertiary/aromatic N) is 1. The molecule has 18 nitrogen and oxygen atoms in total. The number of nitrogens with one attached hydrogen (secondary N) is 6. The number of hydrogen-bond donors (Lipinski definition) is 11. The molecule has 1 aliphatic rings. The molecule has 2 heterocycles. The Bertz CT molecular complexity index is 1990. The lowest BCUT2D eigenvalue weighted by atomic mass is 10.00. The molecule has 19 heteroatoms. The van der Waals surface area contributed by atoms with E-state index < -0.39 is 95.7 Å². The third-order valence-corrected chi connectivity index (χ3v) is 10.4. The number of aliphatic hydroxyl groups excluding tert-OH is 1. The Morgan fingerprint density at radius 3 is 2.05 bits per heavy atom. The molecule has 0 saturated carbocycles. The van der Waals surface area contributed by atoms with Gasteiger partial charge in [-0.15, -0.1) is 0 Å². The highest BCUT2D eigenvalue weighted by Gasteiger charge is 2.41. The number of aromatic nitrogens is 1. The number of aromatic hydroxyl groups is 1. The van der Waals surface area contributed by atoms with Crippen LogP contribution in [-0.2, 0) is 46.4 Å². The highest BCUT2D eigenvalue weighted by atomic mass is 32.1. The summed E-state index contributed by atoms with van der Waals surface area (Å²) in [6.07, 6.45) is 0.621. The number of carboxylic acids is 1. The van der Waals surface area contributed by atoms with Crippen LogP contribution in [0.25, 0.3) is 10.9 Å². The van der Waals surface area contributed by atoms with Crippen molar-refractivity contribution in [3.05, 3.63) is 65.9 Å². The Kier molecular flexibility index (Phi) is 16.3. The van der Waals surface area contributed by atoms with Crippen molar-refractivity contribution < 1.29 is 48.9 Å². The molecule has 8 atom stereocenters. The topological polar surface area (TPSA) is 285 Å². The fraction of sp³-hybridized carbons (Fsp3) is 0.475. The van der Waals surface area contributed by atoms with Crippen LogP contribution in [-0.4, -0.2) is 127 Å². The van der Waals surface area contributed by atoms with E-state index in [9.17, 15) is 48.9 Å². The molecule has 6 amide bonds. The number of para-hydroxylation sites is 1. The lowest BCUT2D eigenvalue weighted by molar-refractivity contribution is -0.145. The molecule has 11 N–H and O–H groups in total. The number of amides is 6. The van der Waals surface area contributed by atoms with Crippen molar-refractivity contribution in [1.29, 1.82) is 0 Å². The van der Waals surface area contributed by atoms with Crippen molar-refractivity contribution in [3.63, 3.8) is 0 Å². The summed E-state index contributed by atoms with van der Waals surface area (Å²) in [4.78, 5) is 97.6. The molecule has 320 valence electrons. The smallest absolute Gasteiger partial charge is 0.326 e. The van der Waals surface area contributed by atoms with Gasteiger partial charge in [0.25, 0.3) is 0 Å². The van der Waals surface area contributed by atoms with E-state index in [2.05, 4.69) is 44.2 Å². The Hall–Kier alpha value is -5.66. The van der Waals surface area contributed by atoms with E-state index in [1.165, 1.54) is 43.0 Å². The highest BCUT2D eigenvalue weighted by Crippen LogP contribution is 2.22. The van der Waals surface area contributed by atoms with Crippen LogP contribution in [0.4, 0.5) is 0 Å². The van der Waals surface area contributed by atoms with Crippen LogP contribution in [0.1, 0.15) is 51.7 Å². The van der Waals surface area contributed by atoms with E-state index in [1.54, 1.807) is 20.0 Å². The largest absolute Gasteiger partial charge is 0.508 e. The van der Waals surface area contributed by atoms with Crippen LogP contribution in [0, 0.1) is 5.92 Å². The standard InChI is InChI=1S/C40H54N8O10S/c1-20(2)32(46-34(51)21(3)41)38(55)43-28(17-24-18-42-27-9-6-5-8-26(24)27)35(52)47-33(22(4)49)39(56)48-15-7-10-31(48)37(54)45-30(19-59)36(53)44-29(40(57)58)16-23-11-13-25(50)14-12-23/h5-6,8-9,11-14,18,20-22,28-33,42,49-50,59H,7,10,15-17,19,41H2,1-4H3,(H,43,55)(H,44,53)(H,45,54)(H,46,51)(H,47,52)(H,57,58). The molecule has 2 aromatic carbocycles. The number of aromatic amines is 1. The number of likely N-dealkylation sites (tertiary alicyclic amines) is 1. The molecule has 0 spiro atoms. The molecular formula is C40H54N8O10S. The number of aliphatic carboxylic acids is 1. The molecule has 0 aliphatic carbocycles. The summed E-state index contributed by atoms with van der Waals surface area (Å²) in [6.45, 7) is 6.25. The van der Waals surface area contributed by atoms with E-state index in [1.807, 2.05) is 24.3 Å². The third-order valence-electron chi connectivity index (χ3n) is 10.1. The average molecular weight is 839 g/mol. The fourth-order valence-electron chi connectivity index (χ4n) is 6.74. The number of rotatable bonds is 19. The minimum Gasteiger partial charge on any atom is -0.508 e. The number of phenolic OH excluding ortho intramolecular Hbond substituents is 1. The second kappa shape index (κ2) is 20.9. The number of carboxylic acid groups (broad SMARTS) is 1. The molecular weight excluding hydrogens is 785 g/mol. The van der Waals surface area contributed by atoms with Crippen LogP contribution in [0.5, 0.6) is 5.75 Å². The van der Waals surface area contributed by atoms with Crippen LogP contribution in [0.15, 0.2) is 54.7 Å². The Balaban J connectivity index is 1.50. The summed E-state index contributed by atoms with van der Waals surface area (Å²) in [5, 5.41) is 43.8. The maximum atomic E-state index is 14.1. The summed E-state index contributed by atoms with van der Waals surface area (Å²) in [5.74, 6) is -6.39. The molecule has 0 bridgehead atoms. The van der Waals surface area contributed by atoms with Gasteiger partial charge in [-0.25, -0.2) is 4.79 Å². The van der Waals surface area contributed by atoms with Gasteiger partial charge in [0.05, 0.1) is 12.1 Å². The van der Waals surface area contributed by atoms with Gasteiger partial charge < -0.3 is 57.5 Å². The fourth-order valence-corrected chi connectivity index (χ4v) is 6.99. The predicted molar refractivity (Wildman–Crippen MR) is 220 cm³/mol. The van der Waals surface area contributed by atoms with Crippen molar-refractivity contribution in [1.82, 2.24) is 36.5 Å². The van der Waals surface area contributed by atoms with Crippen molar-refractivity contribution in [2.75, 3.05) is 12.3 Å². The van der Waals surface area contributed by atoms with Crippen LogP contribution >= 0.6 is 12.6 Å². The van der Waals surface area contributed by atoms with Gasteiger partial charge in [-0.05, 0) is 61.9 Å². The van der Waals surface area contributed by atoms with Gasteiger partial charge in [-0.3, -0.25) is 28.8 Å². The Morgan fingerprint density at radius 2 is 1.44 bits per heavy atom. The van der Waals surface area contributed by atoms with Gasteiger partial charge in [-0.1, -0.05) is 44.2 Å². The van der Waals surface area contributed by atoms with Gasteiger partial charge in [-0.2, -0.15) is 12.6 Å². The lowest BCUT2D eigenvalue weighted by Crippen LogP contribution is -2.62. The number of aliphatic hydroxyl groups is 1. The summed E-state index contributed by atoms with van der Waals surface area (Å²) >= 11 is 4.19. The van der Waals surface area contributed by atoms with Gasteiger partial charge in [0.1, 0.15) is 42.0 Å². The number of hydrogen-bond acceptors (Lipinski definition) is 11. The lowest BCUT2D eigenvalue weighted by Gasteiger charge is -2.32. The van der Waals surface area contributed by atoms with Gasteiger partial charge in [0.2, 0.25) is 35.4 Å². The quantitative estimate of drug-likeness (QED) is 0.0683. The maximum Gasteiger partial charge on any atom is 0.326 e. The summed E-state index contributed by atoms with van der Waals surface area (Å²) in [5.41, 5.74) is 7.69. The van der Waals surface area contributed by atoms with E-state index in [4.69, 9.17) is 5.73 Å². The number of thiol groups is 1. The monoisotopic (exact) mass is 838 g/mol. The Labute approximate surface area is 346 Å². The number of carbonyl (C=O) groups excluding carboxylic acids is 6. The van der Waals surface area contributed by atoms with Crippen LogP contribution in [0.3, 0.4) is 0 Å². The predicted octanol–water partition coefficient (Wildman–Crippen LogP) is -0.528. The molecule has 8 unspecified atom stereocenters. The number of fused-ring (bicyclic) bond motifs is 1. The van der Waals surface area contributed by atoms with Gasteiger partial charge in [0.15, 0.2) is 0 Å². The van der Waals surface area contributed by atoms with E-state index in [0.29, 0.717) is 17.5 Å². The number of benzene rings is 2. The van der Waals surface area contributed by atoms with Crippen LogP contribution < -0.4 is 32.3 Å². The Morgan fingerprint density at radius 1 is 0.814 bits per heavy atom. The van der Waals surface area contributed by atoms with E-state index >= 15 is 0 Å². The average Bonchev–Trinajstić information content (AvgIpc) is 3.85. The van der Waals surface area contributed by atoms with Crippen molar-refractivity contribution in [2.24, 2.45) is 11.7 Å². The van der Waals surface area contributed by atoms with Crippen molar-refractivity contribution in [2.45, 2.75) is 102 Å². The zero-order chi connectivity index (χ0) is 43.6. The second-order valence-corrected chi connectivity index (χ2v) is 15.4. The number of phenols is 1. The first-order chi connectivity index (χ1) is 27.9. The van der Waals surface area contributed by atoms with Gasteiger partial charge in [0, 0.05) is 42.2 Å².